The lowest BCUT2D eigenvalue weighted by Gasteiger charge is -2.35. The summed E-state index contributed by atoms with van der Waals surface area (Å²) < 4.78 is 0. The highest BCUT2D eigenvalue weighted by molar-refractivity contribution is 5.55. The average Bonchev–Trinajstić information content (AvgIpc) is 2.53. The smallest absolute Gasteiger partial charge is 0.159 e. The molecule has 3 atom stereocenters. The summed E-state index contributed by atoms with van der Waals surface area (Å²) in [6.07, 6.45) is 7.71. The molecule has 0 saturated heterocycles. The lowest BCUT2D eigenvalue weighted by molar-refractivity contribution is 0.253. The Hall–Kier alpha value is -1.90. The van der Waals surface area contributed by atoms with E-state index in [0.717, 1.165) is 23.0 Å². The van der Waals surface area contributed by atoms with Gasteiger partial charge in [0.25, 0.3) is 0 Å². The molecule has 3 unspecified atom stereocenters. The van der Waals surface area contributed by atoms with Crippen LogP contribution in [0.3, 0.4) is 0 Å². The summed E-state index contributed by atoms with van der Waals surface area (Å²) in [7, 11) is 0. The molecule has 1 fully saturated rings. The van der Waals surface area contributed by atoms with E-state index in [-0.39, 0.29) is 0 Å². The monoisotopic (exact) mass is 281 g/mol. The first kappa shape index (κ1) is 14.1. The maximum absolute atomic E-state index is 4.48. The fourth-order valence-corrected chi connectivity index (χ4v) is 3.14. The molecule has 0 bridgehead atoms. The van der Waals surface area contributed by atoms with Crippen molar-refractivity contribution in [1.29, 1.82) is 0 Å². The van der Waals surface area contributed by atoms with Crippen molar-refractivity contribution < 1.29 is 0 Å². The van der Waals surface area contributed by atoms with Gasteiger partial charge in [-0.25, -0.2) is 9.97 Å². The summed E-state index contributed by atoms with van der Waals surface area (Å²) in [5, 5.41) is 3.61. The first-order chi connectivity index (χ1) is 10.2. The molecule has 0 amide bonds. The van der Waals surface area contributed by atoms with Crippen molar-refractivity contribution in [3.8, 4) is 11.4 Å². The molecule has 3 nitrogen and oxygen atoms in total. The van der Waals surface area contributed by atoms with Crippen molar-refractivity contribution in [3.63, 3.8) is 0 Å². The number of hydrogen-bond donors (Lipinski definition) is 1. The quantitative estimate of drug-likeness (QED) is 0.907. The van der Waals surface area contributed by atoms with Crippen LogP contribution in [0.5, 0.6) is 0 Å². The predicted molar refractivity (Wildman–Crippen MR) is 87.1 cm³/mol. The van der Waals surface area contributed by atoms with Crippen LogP contribution >= 0.6 is 0 Å². The summed E-state index contributed by atoms with van der Waals surface area (Å²) in [5.41, 5.74) is 2.09. The molecule has 0 radical (unpaired) electrons. The van der Waals surface area contributed by atoms with Gasteiger partial charge in [-0.1, -0.05) is 57.0 Å². The predicted octanol–water partition coefficient (Wildman–Crippen LogP) is 4.38. The van der Waals surface area contributed by atoms with Gasteiger partial charge in [-0.2, -0.15) is 0 Å². The Labute approximate surface area is 126 Å². The molecular formula is C18H23N3. The van der Waals surface area contributed by atoms with E-state index in [0.29, 0.717) is 12.0 Å². The van der Waals surface area contributed by atoms with E-state index in [2.05, 4.69) is 29.1 Å². The van der Waals surface area contributed by atoms with E-state index in [1.54, 1.807) is 0 Å². The molecule has 1 N–H and O–H groups in total. The number of rotatable bonds is 3. The number of nitrogens with zero attached hydrogens (tertiary/aromatic N) is 2. The van der Waals surface area contributed by atoms with Crippen molar-refractivity contribution >= 4 is 5.69 Å². The second kappa shape index (κ2) is 6.25. The third-order valence-corrected chi connectivity index (χ3v) is 4.74. The second-order valence-corrected chi connectivity index (χ2v) is 6.18. The van der Waals surface area contributed by atoms with E-state index >= 15 is 0 Å². The van der Waals surface area contributed by atoms with Crippen molar-refractivity contribution in [1.82, 2.24) is 9.97 Å². The highest BCUT2D eigenvalue weighted by atomic mass is 15.0. The van der Waals surface area contributed by atoms with Crippen molar-refractivity contribution in [3.05, 3.63) is 42.7 Å². The fourth-order valence-electron chi connectivity index (χ4n) is 3.14. The molecule has 3 heteroatoms. The molecule has 1 saturated carbocycles. The zero-order chi connectivity index (χ0) is 14.7. The Kier molecular flexibility index (Phi) is 4.18. The molecule has 0 aliphatic heterocycles. The van der Waals surface area contributed by atoms with E-state index in [1.165, 1.54) is 19.3 Å². The minimum atomic E-state index is 0.542. The van der Waals surface area contributed by atoms with Gasteiger partial charge in [-0.05, 0) is 18.3 Å². The van der Waals surface area contributed by atoms with Gasteiger partial charge in [-0.3, -0.25) is 0 Å². The maximum Gasteiger partial charge on any atom is 0.159 e. The standard InChI is InChI=1S/C18H23N3/c1-13-7-6-10-17(14(13)2)21-16-11-19-18(20-12-16)15-8-4-3-5-9-15/h3-5,8-9,11-14,17,21H,6-7,10H2,1-2H3. The van der Waals surface area contributed by atoms with Crippen LogP contribution in [0.25, 0.3) is 11.4 Å². The zero-order valence-corrected chi connectivity index (χ0v) is 12.8. The number of anilines is 1. The lowest BCUT2D eigenvalue weighted by Crippen LogP contribution is -2.35. The van der Waals surface area contributed by atoms with Crippen LogP contribution < -0.4 is 5.32 Å². The van der Waals surface area contributed by atoms with Crippen molar-refractivity contribution in [2.75, 3.05) is 5.32 Å². The van der Waals surface area contributed by atoms with Gasteiger partial charge >= 0.3 is 0 Å². The van der Waals surface area contributed by atoms with Gasteiger partial charge in [0.1, 0.15) is 0 Å². The normalized spacial score (nSPS) is 25.5. The zero-order valence-electron chi connectivity index (χ0n) is 12.8. The third-order valence-electron chi connectivity index (χ3n) is 4.74. The molecule has 1 aliphatic carbocycles. The SMILES string of the molecule is CC1CCCC(Nc2cnc(-c3ccccc3)nc2)C1C. The average molecular weight is 281 g/mol. The first-order valence-corrected chi connectivity index (χ1v) is 7.88. The molecule has 1 aliphatic rings. The summed E-state index contributed by atoms with van der Waals surface area (Å²) in [5.74, 6) is 2.28. The van der Waals surface area contributed by atoms with Crippen LogP contribution in [0.4, 0.5) is 5.69 Å². The molecule has 0 spiro atoms. The first-order valence-electron chi connectivity index (χ1n) is 7.88. The molecule has 1 aromatic carbocycles. The highest BCUT2D eigenvalue weighted by Crippen LogP contribution is 2.31. The van der Waals surface area contributed by atoms with Crippen LogP contribution in [0.2, 0.25) is 0 Å². The van der Waals surface area contributed by atoms with Crippen molar-refractivity contribution in [2.24, 2.45) is 11.8 Å². The Morgan fingerprint density at radius 1 is 1.00 bits per heavy atom. The Morgan fingerprint density at radius 2 is 1.71 bits per heavy atom. The van der Waals surface area contributed by atoms with E-state index in [4.69, 9.17) is 0 Å². The fraction of sp³-hybridized carbons (Fsp3) is 0.444. The summed E-state index contributed by atoms with van der Waals surface area (Å²) in [4.78, 5) is 8.97. The topological polar surface area (TPSA) is 37.8 Å². The number of benzene rings is 1. The van der Waals surface area contributed by atoms with E-state index in [9.17, 15) is 0 Å². The lowest BCUT2D eigenvalue weighted by atomic mass is 9.78. The summed E-state index contributed by atoms with van der Waals surface area (Å²) >= 11 is 0. The van der Waals surface area contributed by atoms with Crippen molar-refractivity contribution in [2.45, 2.75) is 39.2 Å². The minimum Gasteiger partial charge on any atom is -0.380 e. The van der Waals surface area contributed by atoms with Crippen LogP contribution in [-0.2, 0) is 0 Å². The van der Waals surface area contributed by atoms with Gasteiger partial charge in [0.05, 0.1) is 18.1 Å². The highest BCUT2D eigenvalue weighted by Gasteiger charge is 2.26. The van der Waals surface area contributed by atoms with Gasteiger partial charge in [0.2, 0.25) is 0 Å². The van der Waals surface area contributed by atoms with Gasteiger partial charge in [0.15, 0.2) is 5.82 Å². The van der Waals surface area contributed by atoms with Gasteiger partial charge < -0.3 is 5.32 Å². The molecule has 3 rings (SSSR count). The Bertz CT molecular complexity index is 565. The Balaban J connectivity index is 1.70. The summed E-state index contributed by atoms with van der Waals surface area (Å²) in [6, 6.07) is 10.6. The van der Waals surface area contributed by atoms with Gasteiger partial charge in [0, 0.05) is 11.6 Å². The van der Waals surface area contributed by atoms with E-state index in [1.807, 2.05) is 42.7 Å². The van der Waals surface area contributed by atoms with Crippen LogP contribution in [0.15, 0.2) is 42.7 Å². The molecule has 2 aromatic rings. The van der Waals surface area contributed by atoms with Crippen LogP contribution in [0.1, 0.15) is 33.1 Å². The minimum absolute atomic E-state index is 0.542. The number of hydrogen-bond acceptors (Lipinski definition) is 3. The molecule has 21 heavy (non-hydrogen) atoms. The molecule has 1 heterocycles. The Morgan fingerprint density at radius 3 is 2.43 bits per heavy atom. The van der Waals surface area contributed by atoms with Crippen LogP contribution in [-0.4, -0.2) is 16.0 Å². The van der Waals surface area contributed by atoms with Crippen LogP contribution in [0, 0.1) is 11.8 Å². The molecule has 110 valence electrons. The largest absolute Gasteiger partial charge is 0.380 e. The van der Waals surface area contributed by atoms with E-state index < -0.39 is 0 Å². The second-order valence-electron chi connectivity index (χ2n) is 6.18. The van der Waals surface area contributed by atoms with Gasteiger partial charge in [-0.15, -0.1) is 0 Å². The third kappa shape index (κ3) is 3.23. The number of aromatic nitrogens is 2. The molecular weight excluding hydrogens is 258 g/mol. The number of nitrogens with one attached hydrogen (secondary N) is 1. The maximum atomic E-state index is 4.48. The summed E-state index contributed by atoms with van der Waals surface area (Å²) in [6.45, 7) is 4.70. The molecule has 1 aromatic heterocycles.